The van der Waals surface area contributed by atoms with E-state index in [1.54, 1.807) is 0 Å². The van der Waals surface area contributed by atoms with Crippen LogP contribution in [0.1, 0.15) is 53.3 Å². The molecule has 0 bridgehead atoms. The monoisotopic (exact) mass is 270 g/mol. The Morgan fingerprint density at radius 3 is 2.90 bits per heavy atom. The number of rotatable bonds is 2. The van der Waals surface area contributed by atoms with Gasteiger partial charge in [-0.15, -0.1) is 10.2 Å². The fourth-order valence-corrected chi connectivity index (χ4v) is 3.32. The van der Waals surface area contributed by atoms with Crippen molar-refractivity contribution in [2.45, 2.75) is 51.6 Å². The maximum Gasteiger partial charge on any atom is 0.164 e. The summed E-state index contributed by atoms with van der Waals surface area (Å²) in [6.07, 6.45) is 10.2. The quantitative estimate of drug-likeness (QED) is 0.838. The van der Waals surface area contributed by atoms with E-state index in [4.69, 9.17) is 0 Å². The van der Waals surface area contributed by atoms with Crippen LogP contribution in [0.2, 0.25) is 0 Å². The molecule has 2 aromatic heterocycles. The summed E-state index contributed by atoms with van der Waals surface area (Å²) in [5.74, 6) is 2.41. The Kier molecular flexibility index (Phi) is 2.72. The lowest BCUT2D eigenvalue weighted by molar-refractivity contribution is 0.0973. The third-order valence-corrected chi connectivity index (χ3v) is 4.37. The van der Waals surface area contributed by atoms with Gasteiger partial charge in [0.1, 0.15) is 5.82 Å². The van der Waals surface area contributed by atoms with Gasteiger partial charge in [0.15, 0.2) is 11.6 Å². The van der Waals surface area contributed by atoms with Gasteiger partial charge in [-0.05, 0) is 31.2 Å². The first-order valence-corrected chi connectivity index (χ1v) is 7.44. The van der Waals surface area contributed by atoms with Crippen LogP contribution in [-0.4, -0.2) is 25.1 Å². The van der Waals surface area contributed by atoms with Gasteiger partial charge in [-0.3, -0.25) is 4.79 Å². The number of hydrogen-bond donors (Lipinski definition) is 0. The van der Waals surface area contributed by atoms with E-state index in [1.807, 2.05) is 6.20 Å². The second-order valence-corrected chi connectivity index (χ2v) is 5.79. The molecule has 3 heterocycles. The van der Waals surface area contributed by atoms with E-state index >= 15 is 0 Å². The van der Waals surface area contributed by atoms with E-state index < -0.39 is 0 Å². The van der Waals surface area contributed by atoms with Crippen molar-refractivity contribution in [3.8, 4) is 0 Å². The Bertz CT molecular complexity index is 667. The van der Waals surface area contributed by atoms with Crippen LogP contribution in [0.15, 0.2) is 12.4 Å². The van der Waals surface area contributed by atoms with E-state index in [9.17, 15) is 4.79 Å². The van der Waals surface area contributed by atoms with Crippen molar-refractivity contribution < 1.29 is 4.79 Å². The van der Waals surface area contributed by atoms with Crippen LogP contribution in [0, 0.1) is 0 Å². The Morgan fingerprint density at radius 1 is 1.05 bits per heavy atom. The molecule has 0 N–H and O–H groups in total. The third-order valence-electron chi connectivity index (χ3n) is 4.37. The molecule has 2 aromatic rings. The van der Waals surface area contributed by atoms with Crippen molar-refractivity contribution in [1.29, 1.82) is 0 Å². The van der Waals surface area contributed by atoms with Gasteiger partial charge in [-0.25, -0.2) is 0 Å². The number of fused-ring (bicyclic) bond motifs is 2. The molecule has 0 spiro atoms. The number of nitrogens with zero attached hydrogens (tertiary/aromatic N) is 4. The highest BCUT2D eigenvalue weighted by molar-refractivity contribution is 5.98. The molecule has 0 aromatic carbocycles. The molecular formula is C15H18N4O. The minimum atomic E-state index is 0.285. The van der Waals surface area contributed by atoms with Crippen molar-refractivity contribution >= 4 is 5.78 Å². The summed E-state index contributed by atoms with van der Waals surface area (Å²) in [5, 5.41) is 8.61. The lowest BCUT2D eigenvalue weighted by Gasteiger charge is -2.14. The van der Waals surface area contributed by atoms with Crippen LogP contribution in [-0.2, 0) is 25.9 Å². The van der Waals surface area contributed by atoms with Gasteiger partial charge in [0.25, 0.3) is 0 Å². The van der Waals surface area contributed by atoms with E-state index in [-0.39, 0.29) is 5.78 Å². The lowest BCUT2D eigenvalue weighted by atomic mass is 9.95. The highest BCUT2D eigenvalue weighted by Crippen LogP contribution is 2.23. The SMILES string of the molecule is O=C1CCCc2cn(Cc3nnc4n3CCCC4)cc21. The Labute approximate surface area is 117 Å². The summed E-state index contributed by atoms with van der Waals surface area (Å²) in [5.41, 5.74) is 2.11. The zero-order chi connectivity index (χ0) is 13.5. The van der Waals surface area contributed by atoms with Crippen molar-refractivity contribution in [3.63, 3.8) is 0 Å². The highest BCUT2D eigenvalue weighted by Gasteiger charge is 2.20. The fraction of sp³-hybridized carbons (Fsp3) is 0.533. The predicted octanol–water partition coefficient (Wildman–Crippen LogP) is 1.98. The minimum absolute atomic E-state index is 0.285. The van der Waals surface area contributed by atoms with Crippen LogP contribution in [0.25, 0.3) is 0 Å². The molecule has 0 unspecified atom stereocenters. The predicted molar refractivity (Wildman–Crippen MR) is 73.8 cm³/mol. The summed E-state index contributed by atoms with van der Waals surface area (Å²) in [4.78, 5) is 11.9. The summed E-state index contributed by atoms with van der Waals surface area (Å²) in [6, 6.07) is 0. The molecule has 0 fully saturated rings. The number of hydrogen-bond acceptors (Lipinski definition) is 3. The van der Waals surface area contributed by atoms with E-state index in [1.165, 1.54) is 18.4 Å². The molecule has 0 saturated carbocycles. The average molecular weight is 270 g/mol. The lowest BCUT2D eigenvalue weighted by Crippen LogP contribution is -2.14. The largest absolute Gasteiger partial charge is 0.346 e. The van der Waals surface area contributed by atoms with Gasteiger partial charge in [0, 0.05) is 37.3 Å². The number of ketones is 1. The zero-order valence-corrected chi connectivity index (χ0v) is 11.5. The molecule has 5 nitrogen and oxygen atoms in total. The summed E-state index contributed by atoms with van der Waals surface area (Å²) in [7, 11) is 0. The smallest absolute Gasteiger partial charge is 0.164 e. The third kappa shape index (κ3) is 1.88. The van der Waals surface area contributed by atoms with Crippen molar-refractivity contribution in [2.75, 3.05) is 0 Å². The van der Waals surface area contributed by atoms with Crippen LogP contribution >= 0.6 is 0 Å². The summed E-state index contributed by atoms with van der Waals surface area (Å²) >= 11 is 0. The fourth-order valence-electron chi connectivity index (χ4n) is 3.32. The summed E-state index contributed by atoms with van der Waals surface area (Å²) < 4.78 is 4.34. The average Bonchev–Trinajstić information content (AvgIpc) is 3.05. The van der Waals surface area contributed by atoms with E-state index in [2.05, 4.69) is 25.5 Å². The topological polar surface area (TPSA) is 52.7 Å². The van der Waals surface area contributed by atoms with E-state index in [0.29, 0.717) is 13.0 Å². The first-order chi connectivity index (χ1) is 9.81. The molecule has 20 heavy (non-hydrogen) atoms. The zero-order valence-electron chi connectivity index (χ0n) is 11.5. The Balaban J connectivity index is 1.63. The van der Waals surface area contributed by atoms with Crippen LogP contribution in [0.4, 0.5) is 0 Å². The number of carbonyl (C=O) groups excluding carboxylic acids is 1. The normalized spacial score (nSPS) is 17.9. The van der Waals surface area contributed by atoms with Gasteiger partial charge >= 0.3 is 0 Å². The first kappa shape index (κ1) is 11.9. The minimum Gasteiger partial charge on any atom is -0.346 e. The number of aryl methyl sites for hydroxylation is 2. The van der Waals surface area contributed by atoms with Gasteiger partial charge in [0.05, 0.1) is 6.54 Å². The maximum absolute atomic E-state index is 11.9. The molecule has 1 aliphatic heterocycles. The highest BCUT2D eigenvalue weighted by atomic mass is 16.1. The van der Waals surface area contributed by atoms with Gasteiger partial charge in [-0.2, -0.15) is 0 Å². The molecule has 0 atom stereocenters. The van der Waals surface area contributed by atoms with Crippen molar-refractivity contribution in [1.82, 2.24) is 19.3 Å². The molecule has 4 rings (SSSR count). The molecule has 2 aliphatic rings. The second kappa shape index (κ2) is 4.58. The number of Topliss-reactive ketones (excluding diaryl/α,β-unsaturated/α-hetero) is 1. The van der Waals surface area contributed by atoms with Gasteiger partial charge in [-0.1, -0.05) is 0 Å². The summed E-state index contributed by atoms with van der Waals surface area (Å²) in [6.45, 7) is 1.74. The molecule has 104 valence electrons. The first-order valence-electron chi connectivity index (χ1n) is 7.44. The standard InChI is InChI=1S/C15H18N4O/c20-13-5-3-4-11-8-18(9-12(11)13)10-15-17-16-14-6-1-2-7-19(14)15/h8-9H,1-7,10H2. The van der Waals surface area contributed by atoms with Crippen molar-refractivity contribution in [3.05, 3.63) is 35.2 Å². The van der Waals surface area contributed by atoms with Crippen LogP contribution in [0.5, 0.6) is 0 Å². The molecule has 0 amide bonds. The molecule has 1 aliphatic carbocycles. The van der Waals surface area contributed by atoms with Crippen LogP contribution in [0.3, 0.4) is 0 Å². The molecule has 0 radical (unpaired) electrons. The number of aromatic nitrogens is 4. The molecular weight excluding hydrogens is 252 g/mol. The Morgan fingerprint density at radius 2 is 2.00 bits per heavy atom. The van der Waals surface area contributed by atoms with Crippen LogP contribution < -0.4 is 0 Å². The second-order valence-electron chi connectivity index (χ2n) is 5.79. The maximum atomic E-state index is 11.9. The van der Waals surface area contributed by atoms with Gasteiger partial charge in [0.2, 0.25) is 0 Å². The van der Waals surface area contributed by atoms with Crippen molar-refractivity contribution in [2.24, 2.45) is 0 Å². The van der Waals surface area contributed by atoms with E-state index in [0.717, 1.165) is 43.0 Å². The molecule has 0 saturated heterocycles. The Hall–Kier alpha value is -1.91. The number of carbonyl (C=O) groups is 1. The molecule has 5 heteroatoms. The van der Waals surface area contributed by atoms with Gasteiger partial charge < -0.3 is 9.13 Å².